The Morgan fingerprint density at radius 1 is 1.57 bits per heavy atom. The number of nitrogens with one attached hydrogen (secondary N) is 1. The normalized spacial score (nSPS) is 10.7. The summed E-state index contributed by atoms with van der Waals surface area (Å²) < 4.78 is 0.663. The predicted molar refractivity (Wildman–Crippen MR) is 55.2 cm³/mol. The predicted octanol–water partition coefficient (Wildman–Crippen LogP) is 2.54. The Kier molecular flexibility index (Phi) is 1.99. The molecule has 0 aliphatic carbocycles. The maximum Gasteiger partial charge on any atom is 0.300 e. The Hall–Kier alpha value is -1.43. The first-order valence-electron chi connectivity index (χ1n) is 3.89. The highest BCUT2D eigenvalue weighted by atomic mass is 79.9. The van der Waals surface area contributed by atoms with E-state index in [9.17, 15) is 10.1 Å². The Morgan fingerprint density at radius 3 is 2.93 bits per heavy atom. The molecule has 1 aromatic heterocycles. The van der Waals surface area contributed by atoms with Crippen LogP contribution in [0.25, 0.3) is 10.9 Å². The molecule has 72 valence electrons. The van der Waals surface area contributed by atoms with Crippen molar-refractivity contribution in [2.24, 2.45) is 0 Å². The average Bonchev–Trinajstić information content (AvgIpc) is 2.47. The summed E-state index contributed by atoms with van der Waals surface area (Å²) in [6.07, 6.45) is 0. The van der Waals surface area contributed by atoms with Crippen LogP contribution in [0.2, 0.25) is 0 Å². The van der Waals surface area contributed by atoms with Gasteiger partial charge in [-0.05, 0) is 28.9 Å². The maximum absolute atomic E-state index is 10.8. The molecule has 0 aliphatic heterocycles. The van der Waals surface area contributed by atoms with Gasteiger partial charge in [0.2, 0.25) is 0 Å². The van der Waals surface area contributed by atoms with Gasteiger partial charge in [0.1, 0.15) is 4.60 Å². The minimum Gasteiger partial charge on any atom is -0.270 e. The third-order valence-corrected chi connectivity index (χ3v) is 2.64. The summed E-state index contributed by atoms with van der Waals surface area (Å²) in [6.45, 7) is 1.69. The first kappa shape index (κ1) is 9.14. The number of aryl methyl sites for hydroxylation is 1. The quantitative estimate of drug-likeness (QED) is 0.629. The molecule has 0 aliphatic rings. The number of halogens is 1. The Balaban J connectivity index is 2.90. The van der Waals surface area contributed by atoms with Crippen molar-refractivity contribution in [1.29, 1.82) is 0 Å². The summed E-state index contributed by atoms with van der Waals surface area (Å²) >= 11 is 3.23. The number of benzene rings is 1. The van der Waals surface area contributed by atoms with Gasteiger partial charge in [-0.15, -0.1) is 0 Å². The third-order valence-electron chi connectivity index (χ3n) is 2.04. The maximum atomic E-state index is 10.8. The number of nitrogens with zero attached hydrogens (tertiary/aromatic N) is 2. The van der Waals surface area contributed by atoms with E-state index in [0.717, 1.165) is 5.39 Å². The van der Waals surface area contributed by atoms with Crippen LogP contribution in [-0.4, -0.2) is 15.1 Å². The summed E-state index contributed by atoms with van der Waals surface area (Å²) in [5.74, 6) is 0. The number of H-pyrrole nitrogens is 1. The van der Waals surface area contributed by atoms with Crippen LogP contribution in [0.15, 0.2) is 16.7 Å². The van der Waals surface area contributed by atoms with Gasteiger partial charge >= 0.3 is 0 Å². The lowest BCUT2D eigenvalue weighted by Gasteiger charge is -1.96. The molecule has 14 heavy (non-hydrogen) atoms. The molecule has 0 saturated carbocycles. The molecule has 5 nitrogen and oxygen atoms in total. The number of aromatic amines is 1. The molecule has 0 saturated heterocycles. The summed E-state index contributed by atoms with van der Waals surface area (Å²) in [7, 11) is 0. The smallest absolute Gasteiger partial charge is 0.270 e. The molecule has 6 heteroatoms. The fourth-order valence-electron chi connectivity index (χ4n) is 1.37. The minimum atomic E-state index is -0.412. The number of nitro groups is 1. The molecule has 0 spiro atoms. The highest BCUT2D eigenvalue weighted by molar-refractivity contribution is 9.10. The van der Waals surface area contributed by atoms with Crippen molar-refractivity contribution in [2.45, 2.75) is 6.92 Å². The van der Waals surface area contributed by atoms with E-state index in [1.165, 1.54) is 0 Å². The van der Waals surface area contributed by atoms with Crippen LogP contribution in [0, 0.1) is 17.0 Å². The zero-order valence-electron chi connectivity index (χ0n) is 7.24. The first-order chi connectivity index (χ1) is 6.61. The van der Waals surface area contributed by atoms with Gasteiger partial charge in [0.15, 0.2) is 5.52 Å². The molecule has 2 aromatic rings. The summed E-state index contributed by atoms with van der Waals surface area (Å²) in [4.78, 5) is 10.4. The van der Waals surface area contributed by atoms with E-state index in [1.807, 2.05) is 0 Å². The van der Waals surface area contributed by atoms with Gasteiger partial charge in [0.05, 0.1) is 4.92 Å². The lowest BCUT2D eigenvalue weighted by molar-refractivity contribution is -0.383. The van der Waals surface area contributed by atoms with Crippen LogP contribution in [0.1, 0.15) is 5.56 Å². The van der Waals surface area contributed by atoms with Crippen LogP contribution in [-0.2, 0) is 0 Å². The number of fused-ring (bicyclic) bond motifs is 1. The van der Waals surface area contributed by atoms with Gasteiger partial charge in [0, 0.05) is 10.9 Å². The topological polar surface area (TPSA) is 71.8 Å². The highest BCUT2D eigenvalue weighted by Gasteiger charge is 2.19. The van der Waals surface area contributed by atoms with E-state index in [2.05, 4.69) is 26.1 Å². The van der Waals surface area contributed by atoms with Crippen LogP contribution < -0.4 is 0 Å². The third kappa shape index (κ3) is 1.19. The van der Waals surface area contributed by atoms with Gasteiger partial charge < -0.3 is 0 Å². The van der Waals surface area contributed by atoms with Gasteiger partial charge in [-0.3, -0.25) is 15.2 Å². The van der Waals surface area contributed by atoms with E-state index in [1.54, 1.807) is 19.1 Å². The molecule has 0 fully saturated rings. The van der Waals surface area contributed by atoms with Gasteiger partial charge in [0.25, 0.3) is 5.69 Å². The van der Waals surface area contributed by atoms with E-state index in [4.69, 9.17) is 0 Å². The Bertz CT molecular complexity index is 521. The van der Waals surface area contributed by atoms with Gasteiger partial charge in [-0.25, -0.2) is 0 Å². The largest absolute Gasteiger partial charge is 0.300 e. The molecule has 0 atom stereocenters. The molecule has 0 amide bonds. The number of hydrogen-bond acceptors (Lipinski definition) is 3. The van der Waals surface area contributed by atoms with Crippen molar-refractivity contribution in [2.75, 3.05) is 0 Å². The standard InChI is InChI=1S/C8H6BrN3O2/c1-4-2-3-5-6(7(4)12(13)14)10-11-8(5)9/h2-3H,1H3,(H,10,11). The molecular formula is C8H6BrN3O2. The van der Waals surface area contributed by atoms with E-state index in [0.29, 0.717) is 15.7 Å². The fraction of sp³-hybridized carbons (Fsp3) is 0.125. The number of rotatable bonds is 1. The molecular weight excluding hydrogens is 250 g/mol. The summed E-state index contributed by atoms with van der Waals surface area (Å²) in [5.41, 5.74) is 1.06. The van der Waals surface area contributed by atoms with Crippen molar-refractivity contribution >= 4 is 32.5 Å². The molecule has 0 bridgehead atoms. The van der Waals surface area contributed by atoms with Crippen LogP contribution in [0.5, 0.6) is 0 Å². The lowest BCUT2D eigenvalue weighted by atomic mass is 10.1. The second-order valence-electron chi connectivity index (χ2n) is 2.92. The molecule has 2 rings (SSSR count). The molecule has 1 heterocycles. The molecule has 0 unspecified atom stereocenters. The average molecular weight is 256 g/mol. The Labute approximate surface area is 87.4 Å². The van der Waals surface area contributed by atoms with E-state index >= 15 is 0 Å². The minimum absolute atomic E-state index is 0.0597. The van der Waals surface area contributed by atoms with Crippen molar-refractivity contribution in [3.8, 4) is 0 Å². The number of nitro benzene ring substituents is 1. The van der Waals surface area contributed by atoms with Crippen LogP contribution in [0.4, 0.5) is 5.69 Å². The number of aromatic nitrogens is 2. The SMILES string of the molecule is Cc1ccc2c(Br)[nH]nc2c1[N+](=O)[O-]. The van der Waals surface area contributed by atoms with Gasteiger partial charge in [-0.1, -0.05) is 6.07 Å². The Morgan fingerprint density at radius 2 is 2.29 bits per heavy atom. The molecule has 1 aromatic carbocycles. The van der Waals surface area contributed by atoms with Crippen molar-refractivity contribution in [3.05, 3.63) is 32.4 Å². The molecule has 0 radical (unpaired) electrons. The van der Waals surface area contributed by atoms with E-state index in [-0.39, 0.29) is 5.69 Å². The second-order valence-corrected chi connectivity index (χ2v) is 3.71. The fourth-order valence-corrected chi connectivity index (χ4v) is 1.78. The van der Waals surface area contributed by atoms with Gasteiger partial charge in [-0.2, -0.15) is 5.10 Å². The second kappa shape index (κ2) is 3.06. The monoisotopic (exact) mass is 255 g/mol. The molecule has 1 N–H and O–H groups in total. The highest BCUT2D eigenvalue weighted by Crippen LogP contribution is 2.30. The van der Waals surface area contributed by atoms with E-state index < -0.39 is 4.92 Å². The van der Waals surface area contributed by atoms with Crippen molar-refractivity contribution < 1.29 is 4.92 Å². The van der Waals surface area contributed by atoms with Crippen molar-refractivity contribution in [1.82, 2.24) is 10.2 Å². The number of hydrogen-bond donors (Lipinski definition) is 1. The zero-order chi connectivity index (χ0) is 10.3. The first-order valence-corrected chi connectivity index (χ1v) is 4.68. The summed E-state index contributed by atoms with van der Waals surface area (Å²) in [5, 5.41) is 18.1. The lowest BCUT2D eigenvalue weighted by Crippen LogP contribution is -1.92. The van der Waals surface area contributed by atoms with Crippen LogP contribution >= 0.6 is 15.9 Å². The van der Waals surface area contributed by atoms with Crippen LogP contribution in [0.3, 0.4) is 0 Å². The zero-order valence-corrected chi connectivity index (χ0v) is 8.83. The van der Waals surface area contributed by atoms with Crippen molar-refractivity contribution in [3.63, 3.8) is 0 Å². The summed E-state index contributed by atoms with van der Waals surface area (Å²) in [6, 6.07) is 3.51.